The Morgan fingerprint density at radius 2 is 2.25 bits per heavy atom. The molecule has 0 fully saturated rings. The average molecular weight is 293 g/mol. The van der Waals surface area contributed by atoms with E-state index < -0.39 is 12.0 Å². The predicted octanol–water partition coefficient (Wildman–Crippen LogP) is 2.56. The molecule has 6 nitrogen and oxygen atoms in total. The first-order valence-electron chi connectivity index (χ1n) is 6.07. The minimum Gasteiger partial charge on any atom is -0.479 e. The minimum absolute atomic E-state index is 0.0212. The van der Waals surface area contributed by atoms with E-state index >= 15 is 0 Å². The Balaban J connectivity index is 2.17. The van der Waals surface area contributed by atoms with Crippen LogP contribution in [0.5, 0.6) is 5.88 Å². The zero-order chi connectivity index (χ0) is 14.5. The van der Waals surface area contributed by atoms with Crippen molar-refractivity contribution in [3.8, 4) is 5.88 Å². The molecule has 0 amide bonds. The first kappa shape index (κ1) is 14.3. The highest BCUT2D eigenvalue weighted by Crippen LogP contribution is 2.23. The number of carboxylic acids is 1. The van der Waals surface area contributed by atoms with Gasteiger partial charge in [0, 0.05) is 4.88 Å². The summed E-state index contributed by atoms with van der Waals surface area (Å²) in [5.41, 5.74) is 0. The number of aliphatic carboxylic acids is 1. The Hall–Kier alpha value is -2.15. The molecule has 0 saturated heterocycles. The second-order valence-corrected chi connectivity index (χ2v) is 5.32. The molecule has 0 aliphatic heterocycles. The number of carboxylic acid groups (broad SMARTS) is 1. The smallest absolute Gasteiger partial charge is 0.331 e. The van der Waals surface area contributed by atoms with Gasteiger partial charge in [-0.05, 0) is 25.3 Å². The lowest BCUT2D eigenvalue weighted by molar-refractivity contribution is -0.138. The van der Waals surface area contributed by atoms with Crippen LogP contribution in [0.15, 0.2) is 29.9 Å². The lowest BCUT2D eigenvalue weighted by Crippen LogP contribution is -2.20. The summed E-state index contributed by atoms with van der Waals surface area (Å²) < 4.78 is 5.43. The second-order valence-electron chi connectivity index (χ2n) is 4.34. The molecule has 0 aromatic carbocycles. The summed E-state index contributed by atoms with van der Waals surface area (Å²) in [5, 5.41) is 14.0. The molecule has 0 radical (unpaired) electrons. The van der Waals surface area contributed by atoms with Crippen LogP contribution in [0.2, 0.25) is 0 Å². The Morgan fingerprint density at radius 1 is 1.45 bits per heavy atom. The van der Waals surface area contributed by atoms with Gasteiger partial charge in [0.2, 0.25) is 5.88 Å². The molecule has 2 rings (SSSR count). The predicted molar refractivity (Wildman–Crippen MR) is 76.1 cm³/mol. The van der Waals surface area contributed by atoms with Gasteiger partial charge in [0.15, 0.2) is 6.04 Å². The van der Waals surface area contributed by atoms with E-state index in [-0.39, 0.29) is 6.10 Å². The van der Waals surface area contributed by atoms with Crippen molar-refractivity contribution in [3.05, 3.63) is 34.8 Å². The van der Waals surface area contributed by atoms with Gasteiger partial charge in [0.05, 0.1) is 18.5 Å². The number of thiophene rings is 1. The second kappa shape index (κ2) is 6.33. The first-order chi connectivity index (χ1) is 9.56. The van der Waals surface area contributed by atoms with Crippen LogP contribution < -0.4 is 10.1 Å². The van der Waals surface area contributed by atoms with Gasteiger partial charge in [-0.15, -0.1) is 11.3 Å². The van der Waals surface area contributed by atoms with Crippen molar-refractivity contribution in [2.45, 2.75) is 26.0 Å². The fourth-order valence-electron chi connectivity index (χ4n) is 1.57. The van der Waals surface area contributed by atoms with E-state index in [9.17, 15) is 9.90 Å². The topological polar surface area (TPSA) is 84.3 Å². The van der Waals surface area contributed by atoms with E-state index in [4.69, 9.17) is 4.74 Å². The Bertz CT molecular complexity index is 572. The van der Waals surface area contributed by atoms with Crippen molar-refractivity contribution in [1.82, 2.24) is 9.97 Å². The highest BCUT2D eigenvalue weighted by atomic mass is 32.1. The van der Waals surface area contributed by atoms with E-state index in [2.05, 4.69) is 15.3 Å². The van der Waals surface area contributed by atoms with Crippen LogP contribution in [0, 0.1) is 0 Å². The number of hydrogen-bond acceptors (Lipinski definition) is 6. The number of rotatable bonds is 6. The highest BCUT2D eigenvalue weighted by Gasteiger charge is 2.21. The molecule has 0 saturated carbocycles. The number of aromatic nitrogens is 2. The van der Waals surface area contributed by atoms with Crippen molar-refractivity contribution in [2.75, 3.05) is 5.32 Å². The maximum absolute atomic E-state index is 11.3. The van der Waals surface area contributed by atoms with Gasteiger partial charge in [-0.1, -0.05) is 6.07 Å². The molecular formula is C13H15N3O3S. The fourth-order valence-corrected chi connectivity index (χ4v) is 2.34. The van der Waals surface area contributed by atoms with Gasteiger partial charge < -0.3 is 15.2 Å². The molecule has 1 unspecified atom stereocenters. The van der Waals surface area contributed by atoms with Crippen LogP contribution in [0.1, 0.15) is 24.8 Å². The third-order valence-corrected chi connectivity index (χ3v) is 3.27. The third kappa shape index (κ3) is 3.67. The maximum atomic E-state index is 11.3. The number of nitrogens with one attached hydrogen (secondary N) is 1. The highest BCUT2D eigenvalue weighted by molar-refractivity contribution is 7.10. The van der Waals surface area contributed by atoms with Crippen LogP contribution >= 0.6 is 11.3 Å². The molecule has 0 spiro atoms. The van der Waals surface area contributed by atoms with E-state index in [1.807, 2.05) is 25.3 Å². The van der Waals surface area contributed by atoms with Gasteiger partial charge in [0.1, 0.15) is 5.82 Å². The lowest BCUT2D eigenvalue weighted by atomic mass is 10.2. The summed E-state index contributed by atoms with van der Waals surface area (Å²) in [6.45, 7) is 3.76. The number of carbonyl (C=O) groups is 1. The summed E-state index contributed by atoms with van der Waals surface area (Å²) in [5.74, 6) is -0.242. The standard InChI is InChI=1S/C13H15N3O3S/c1-8(2)19-11-7-14-6-10(15-11)16-12(13(17)18)9-4-3-5-20-9/h3-8,12H,1-2H3,(H,15,16)(H,17,18). The van der Waals surface area contributed by atoms with Crippen LogP contribution in [0.3, 0.4) is 0 Å². The molecule has 2 aromatic rings. The Labute approximate surface area is 120 Å². The quantitative estimate of drug-likeness (QED) is 0.851. The van der Waals surface area contributed by atoms with E-state index in [0.717, 1.165) is 0 Å². The monoisotopic (exact) mass is 293 g/mol. The van der Waals surface area contributed by atoms with Crippen molar-refractivity contribution >= 4 is 23.1 Å². The number of anilines is 1. The minimum atomic E-state index is -0.968. The van der Waals surface area contributed by atoms with Gasteiger partial charge in [-0.2, -0.15) is 4.98 Å². The molecule has 2 N–H and O–H groups in total. The normalized spacial score (nSPS) is 12.2. The van der Waals surface area contributed by atoms with E-state index in [1.54, 1.807) is 6.07 Å². The molecule has 0 aliphatic rings. The number of hydrogen-bond donors (Lipinski definition) is 2. The molecule has 2 aromatic heterocycles. The molecule has 0 aliphatic carbocycles. The lowest BCUT2D eigenvalue weighted by Gasteiger charge is -2.14. The van der Waals surface area contributed by atoms with Gasteiger partial charge in [0.25, 0.3) is 0 Å². The van der Waals surface area contributed by atoms with Crippen molar-refractivity contribution in [1.29, 1.82) is 0 Å². The molecule has 7 heteroatoms. The number of nitrogens with zero attached hydrogens (tertiary/aromatic N) is 2. The summed E-state index contributed by atoms with van der Waals surface area (Å²) >= 11 is 1.37. The summed E-state index contributed by atoms with van der Waals surface area (Å²) in [4.78, 5) is 20.2. The molecule has 1 atom stereocenters. The first-order valence-corrected chi connectivity index (χ1v) is 6.95. The van der Waals surface area contributed by atoms with Crippen LogP contribution in [-0.4, -0.2) is 27.1 Å². The van der Waals surface area contributed by atoms with Crippen LogP contribution in [0.4, 0.5) is 5.82 Å². The Kier molecular flexibility index (Phi) is 4.52. The van der Waals surface area contributed by atoms with Gasteiger partial charge in [-0.3, -0.25) is 4.98 Å². The molecular weight excluding hydrogens is 278 g/mol. The molecule has 2 heterocycles. The largest absolute Gasteiger partial charge is 0.479 e. The van der Waals surface area contributed by atoms with Crippen molar-refractivity contribution < 1.29 is 14.6 Å². The number of ether oxygens (including phenoxy) is 1. The maximum Gasteiger partial charge on any atom is 0.331 e. The van der Waals surface area contributed by atoms with Crippen molar-refractivity contribution in [2.24, 2.45) is 0 Å². The molecule has 0 bridgehead atoms. The van der Waals surface area contributed by atoms with Crippen LogP contribution in [0.25, 0.3) is 0 Å². The SMILES string of the molecule is CC(C)Oc1cncc(NC(C(=O)O)c2cccs2)n1. The zero-order valence-corrected chi connectivity index (χ0v) is 11.9. The zero-order valence-electron chi connectivity index (χ0n) is 11.1. The van der Waals surface area contributed by atoms with Gasteiger partial charge in [-0.25, -0.2) is 4.79 Å². The third-order valence-electron chi connectivity index (χ3n) is 2.34. The summed E-state index contributed by atoms with van der Waals surface area (Å²) in [6.07, 6.45) is 2.94. The van der Waals surface area contributed by atoms with E-state index in [0.29, 0.717) is 16.6 Å². The average Bonchev–Trinajstić information content (AvgIpc) is 2.88. The molecule has 106 valence electrons. The van der Waals surface area contributed by atoms with Gasteiger partial charge >= 0.3 is 5.97 Å². The summed E-state index contributed by atoms with van der Waals surface area (Å²) in [6, 6.07) is 2.72. The van der Waals surface area contributed by atoms with Crippen LogP contribution in [-0.2, 0) is 4.79 Å². The Morgan fingerprint density at radius 3 is 2.85 bits per heavy atom. The molecule has 20 heavy (non-hydrogen) atoms. The van der Waals surface area contributed by atoms with Crippen molar-refractivity contribution in [3.63, 3.8) is 0 Å². The van der Waals surface area contributed by atoms with E-state index in [1.165, 1.54) is 23.7 Å². The fraction of sp³-hybridized carbons (Fsp3) is 0.308. The summed E-state index contributed by atoms with van der Waals surface area (Å²) in [7, 11) is 0.